The Morgan fingerprint density at radius 3 is 2.39 bits per heavy atom. The smallest absolute Gasteiger partial charge is 0.246 e. The summed E-state index contributed by atoms with van der Waals surface area (Å²) < 4.78 is 5.30. The molecule has 0 spiro atoms. The number of nitrogens with one attached hydrogen (secondary N) is 3. The Hall–Kier alpha value is -2.90. The first kappa shape index (κ1) is 21.3. The Labute approximate surface area is 183 Å². The van der Waals surface area contributed by atoms with Crippen molar-refractivity contribution >= 4 is 28.9 Å². The molecular weight excluding hydrogens is 392 g/mol. The van der Waals surface area contributed by atoms with Gasteiger partial charge >= 0.3 is 0 Å². The van der Waals surface area contributed by atoms with Gasteiger partial charge in [0, 0.05) is 30.2 Å². The van der Waals surface area contributed by atoms with Gasteiger partial charge in [-0.15, -0.1) is 0 Å². The highest BCUT2D eigenvalue weighted by molar-refractivity contribution is 5.96. The zero-order valence-electron chi connectivity index (χ0n) is 17.9. The van der Waals surface area contributed by atoms with Crippen molar-refractivity contribution in [2.75, 3.05) is 48.8 Å². The number of carbonyl (C=O) groups is 2. The minimum Gasteiger partial charge on any atom is -0.379 e. The molecule has 1 fully saturated rings. The number of benzene rings is 2. The van der Waals surface area contributed by atoms with E-state index in [1.807, 2.05) is 37.3 Å². The van der Waals surface area contributed by atoms with Gasteiger partial charge in [0.05, 0.1) is 19.8 Å². The Morgan fingerprint density at radius 2 is 1.61 bits per heavy atom. The van der Waals surface area contributed by atoms with Gasteiger partial charge in [0.1, 0.15) is 6.04 Å². The molecule has 2 aliphatic rings. The Balaban J connectivity index is 1.25. The molecule has 2 aromatic rings. The molecule has 1 aliphatic heterocycles. The summed E-state index contributed by atoms with van der Waals surface area (Å²) in [6.07, 6.45) is 3.40. The number of morpholine rings is 1. The fourth-order valence-corrected chi connectivity index (χ4v) is 4.03. The first-order chi connectivity index (χ1) is 15.1. The number of amides is 2. The number of ether oxygens (including phenoxy) is 1. The lowest BCUT2D eigenvalue weighted by Gasteiger charge is -2.25. The predicted molar refractivity (Wildman–Crippen MR) is 123 cm³/mol. The van der Waals surface area contributed by atoms with Crippen molar-refractivity contribution in [3.8, 4) is 0 Å². The molecule has 1 saturated heterocycles. The van der Waals surface area contributed by atoms with Crippen molar-refractivity contribution in [1.29, 1.82) is 0 Å². The lowest BCUT2D eigenvalue weighted by atomic mass is 10.1. The van der Waals surface area contributed by atoms with E-state index in [1.165, 1.54) is 17.5 Å². The summed E-state index contributed by atoms with van der Waals surface area (Å²) in [5.74, 6) is -0.120. The number of anilines is 3. The van der Waals surface area contributed by atoms with Crippen LogP contribution in [0, 0.1) is 0 Å². The van der Waals surface area contributed by atoms with Gasteiger partial charge < -0.3 is 20.7 Å². The van der Waals surface area contributed by atoms with Gasteiger partial charge in [-0.2, -0.15) is 0 Å². The molecule has 0 radical (unpaired) electrons. The fourth-order valence-electron chi connectivity index (χ4n) is 4.03. The Kier molecular flexibility index (Phi) is 6.84. The molecule has 2 aromatic carbocycles. The molecule has 0 aromatic heterocycles. The summed E-state index contributed by atoms with van der Waals surface area (Å²) in [4.78, 5) is 26.9. The van der Waals surface area contributed by atoms with Crippen molar-refractivity contribution < 1.29 is 14.3 Å². The lowest BCUT2D eigenvalue weighted by Crippen LogP contribution is -2.41. The normalized spacial score (nSPS) is 16.9. The largest absolute Gasteiger partial charge is 0.379 e. The highest BCUT2D eigenvalue weighted by Crippen LogP contribution is 2.25. The zero-order valence-corrected chi connectivity index (χ0v) is 17.9. The quantitative estimate of drug-likeness (QED) is 0.639. The molecule has 3 N–H and O–H groups in total. The summed E-state index contributed by atoms with van der Waals surface area (Å²) >= 11 is 0. The van der Waals surface area contributed by atoms with E-state index in [0.29, 0.717) is 19.8 Å². The van der Waals surface area contributed by atoms with E-state index in [9.17, 15) is 9.59 Å². The van der Waals surface area contributed by atoms with Crippen LogP contribution in [0.5, 0.6) is 0 Å². The van der Waals surface area contributed by atoms with Crippen molar-refractivity contribution in [3.05, 3.63) is 53.6 Å². The third-order valence-electron chi connectivity index (χ3n) is 5.78. The standard InChI is InChI=1S/C24H30N4O3/c1-17(24(30)27-22-6-5-18-3-2-4-19(18)15-22)25-20-7-9-21(10-8-20)26-23(29)16-28-11-13-31-14-12-28/h5-10,15,17,25H,2-4,11-14,16H2,1H3,(H,26,29)(H,27,30). The second kappa shape index (κ2) is 9.94. The Morgan fingerprint density at radius 1 is 0.935 bits per heavy atom. The maximum Gasteiger partial charge on any atom is 0.246 e. The van der Waals surface area contributed by atoms with Crippen molar-refractivity contribution in [3.63, 3.8) is 0 Å². The van der Waals surface area contributed by atoms with E-state index < -0.39 is 6.04 Å². The van der Waals surface area contributed by atoms with E-state index in [0.717, 1.165) is 43.0 Å². The van der Waals surface area contributed by atoms with Gasteiger partial charge in [0.25, 0.3) is 0 Å². The Bertz CT molecular complexity index is 923. The van der Waals surface area contributed by atoms with E-state index >= 15 is 0 Å². The number of fused-ring (bicyclic) bond motifs is 1. The second-order valence-electron chi connectivity index (χ2n) is 8.21. The van der Waals surface area contributed by atoms with Gasteiger partial charge in [-0.3, -0.25) is 14.5 Å². The van der Waals surface area contributed by atoms with Crippen LogP contribution in [0.1, 0.15) is 24.5 Å². The van der Waals surface area contributed by atoms with Crippen LogP contribution in [0.2, 0.25) is 0 Å². The molecule has 1 atom stereocenters. The van der Waals surface area contributed by atoms with Gasteiger partial charge in [-0.1, -0.05) is 6.07 Å². The second-order valence-corrected chi connectivity index (χ2v) is 8.21. The first-order valence-corrected chi connectivity index (χ1v) is 11.0. The van der Waals surface area contributed by atoms with Gasteiger partial charge in [-0.25, -0.2) is 0 Å². The molecular formula is C24H30N4O3. The summed E-state index contributed by atoms with van der Waals surface area (Å²) in [5.41, 5.74) is 5.13. The molecule has 2 amide bonds. The van der Waals surface area contributed by atoms with Gasteiger partial charge in [0.2, 0.25) is 11.8 Å². The van der Waals surface area contributed by atoms with Crippen LogP contribution < -0.4 is 16.0 Å². The number of hydrogen-bond acceptors (Lipinski definition) is 5. The average molecular weight is 423 g/mol. The molecule has 7 nitrogen and oxygen atoms in total. The number of hydrogen-bond donors (Lipinski definition) is 3. The van der Waals surface area contributed by atoms with Crippen LogP contribution in [0.15, 0.2) is 42.5 Å². The van der Waals surface area contributed by atoms with E-state index in [4.69, 9.17) is 4.74 Å². The predicted octanol–water partition coefficient (Wildman–Crippen LogP) is 2.89. The highest BCUT2D eigenvalue weighted by atomic mass is 16.5. The lowest BCUT2D eigenvalue weighted by molar-refractivity contribution is -0.118. The number of nitrogens with zero attached hydrogens (tertiary/aromatic N) is 1. The summed E-state index contributed by atoms with van der Waals surface area (Å²) in [6, 6.07) is 13.2. The first-order valence-electron chi connectivity index (χ1n) is 11.0. The van der Waals surface area contributed by atoms with Crippen molar-refractivity contribution in [2.45, 2.75) is 32.2 Å². The maximum absolute atomic E-state index is 12.6. The SMILES string of the molecule is CC(Nc1ccc(NC(=O)CN2CCOCC2)cc1)C(=O)Nc1ccc2c(c1)CCC2. The van der Waals surface area contributed by atoms with Gasteiger partial charge in [0.15, 0.2) is 0 Å². The van der Waals surface area contributed by atoms with Crippen molar-refractivity contribution in [2.24, 2.45) is 0 Å². The average Bonchev–Trinajstić information content (AvgIpc) is 3.23. The van der Waals surface area contributed by atoms with Gasteiger partial charge in [-0.05, 0) is 73.7 Å². The van der Waals surface area contributed by atoms with Crippen LogP contribution in [0.25, 0.3) is 0 Å². The minimum atomic E-state index is -0.394. The monoisotopic (exact) mass is 422 g/mol. The van der Waals surface area contributed by atoms with E-state index in [2.05, 4.69) is 33.0 Å². The van der Waals surface area contributed by atoms with Crippen LogP contribution >= 0.6 is 0 Å². The molecule has 4 rings (SSSR count). The zero-order chi connectivity index (χ0) is 21.6. The molecule has 1 heterocycles. The molecule has 0 bridgehead atoms. The number of carbonyl (C=O) groups excluding carboxylic acids is 2. The number of aryl methyl sites for hydroxylation is 2. The van der Waals surface area contributed by atoms with Crippen molar-refractivity contribution in [1.82, 2.24) is 4.90 Å². The summed E-state index contributed by atoms with van der Waals surface area (Å²) in [7, 11) is 0. The van der Waals surface area contributed by atoms with E-state index in [1.54, 1.807) is 0 Å². The highest BCUT2D eigenvalue weighted by Gasteiger charge is 2.16. The van der Waals surface area contributed by atoms with Crippen LogP contribution in [0.3, 0.4) is 0 Å². The molecule has 31 heavy (non-hydrogen) atoms. The van der Waals surface area contributed by atoms with E-state index in [-0.39, 0.29) is 11.8 Å². The molecule has 7 heteroatoms. The minimum absolute atomic E-state index is 0.0373. The fraction of sp³-hybridized carbons (Fsp3) is 0.417. The summed E-state index contributed by atoms with van der Waals surface area (Å²) in [6.45, 7) is 5.10. The van der Waals surface area contributed by atoms with Crippen LogP contribution in [-0.4, -0.2) is 55.6 Å². The summed E-state index contributed by atoms with van der Waals surface area (Å²) in [5, 5.41) is 9.13. The molecule has 164 valence electrons. The maximum atomic E-state index is 12.6. The topological polar surface area (TPSA) is 82.7 Å². The van der Waals surface area contributed by atoms with Crippen LogP contribution in [-0.2, 0) is 27.2 Å². The molecule has 0 saturated carbocycles. The molecule has 1 unspecified atom stereocenters. The third-order valence-corrected chi connectivity index (χ3v) is 5.78. The number of rotatable bonds is 7. The molecule has 1 aliphatic carbocycles. The van der Waals surface area contributed by atoms with Crippen LogP contribution in [0.4, 0.5) is 17.1 Å². The third kappa shape index (κ3) is 5.83.